The maximum atomic E-state index is 6.43. The molecule has 1 aromatic carbocycles. The van der Waals surface area contributed by atoms with E-state index < -0.39 is 0 Å². The van der Waals surface area contributed by atoms with Crippen molar-refractivity contribution in [1.29, 1.82) is 0 Å². The molecule has 2 rings (SSSR count). The van der Waals surface area contributed by atoms with Crippen LogP contribution in [-0.4, -0.2) is 29.1 Å². The van der Waals surface area contributed by atoms with Crippen molar-refractivity contribution in [3.63, 3.8) is 0 Å². The van der Waals surface area contributed by atoms with Crippen LogP contribution in [0.15, 0.2) is 18.2 Å². The largest absolute Gasteiger partial charge is 0.496 e. The summed E-state index contributed by atoms with van der Waals surface area (Å²) in [6, 6.07) is 5.62. The summed E-state index contributed by atoms with van der Waals surface area (Å²) in [6.07, 6.45) is 0. The molecule has 1 aliphatic rings. The van der Waals surface area contributed by atoms with Crippen LogP contribution < -0.4 is 10.5 Å². The standard InChI is InChI=1S/C13H18ClNOS2/c1-8-13(18-6-5-17-8)12(15)10-7-9(14)3-4-11(10)16-2/h3-4,7-8,12-13H,5-6,15H2,1-2H3. The van der Waals surface area contributed by atoms with Gasteiger partial charge in [0.25, 0.3) is 0 Å². The molecule has 0 spiro atoms. The van der Waals surface area contributed by atoms with E-state index in [-0.39, 0.29) is 6.04 Å². The van der Waals surface area contributed by atoms with Crippen LogP contribution in [0, 0.1) is 0 Å². The summed E-state index contributed by atoms with van der Waals surface area (Å²) in [4.78, 5) is 0. The van der Waals surface area contributed by atoms with Gasteiger partial charge in [-0.25, -0.2) is 0 Å². The number of hydrogen-bond donors (Lipinski definition) is 1. The highest BCUT2D eigenvalue weighted by Crippen LogP contribution is 2.40. The van der Waals surface area contributed by atoms with E-state index in [1.54, 1.807) is 7.11 Å². The topological polar surface area (TPSA) is 35.2 Å². The first-order chi connectivity index (χ1) is 8.63. The summed E-state index contributed by atoms with van der Waals surface area (Å²) < 4.78 is 5.39. The summed E-state index contributed by atoms with van der Waals surface area (Å²) in [7, 11) is 1.67. The predicted octanol–water partition coefficient (Wildman–Crippen LogP) is 3.59. The Hall–Kier alpha value is -0.0300. The van der Waals surface area contributed by atoms with Crippen molar-refractivity contribution >= 4 is 35.1 Å². The minimum atomic E-state index is -0.0357. The lowest BCUT2D eigenvalue weighted by Crippen LogP contribution is -2.34. The zero-order chi connectivity index (χ0) is 13.1. The first-order valence-electron chi connectivity index (χ1n) is 5.95. The molecular formula is C13H18ClNOS2. The SMILES string of the molecule is COc1ccc(Cl)cc1C(N)C1SCCSC1C. The highest BCUT2D eigenvalue weighted by Gasteiger charge is 2.30. The van der Waals surface area contributed by atoms with Crippen LogP contribution in [0.25, 0.3) is 0 Å². The van der Waals surface area contributed by atoms with Gasteiger partial charge in [-0.2, -0.15) is 23.5 Å². The van der Waals surface area contributed by atoms with Crippen LogP contribution >= 0.6 is 35.1 Å². The van der Waals surface area contributed by atoms with Gasteiger partial charge in [-0.3, -0.25) is 0 Å². The minimum Gasteiger partial charge on any atom is -0.496 e. The molecular weight excluding hydrogens is 286 g/mol. The zero-order valence-corrected chi connectivity index (χ0v) is 12.9. The van der Waals surface area contributed by atoms with Crippen LogP contribution in [0.5, 0.6) is 5.75 Å². The first kappa shape index (κ1) is 14.4. The van der Waals surface area contributed by atoms with Crippen molar-refractivity contribution in [2.24, 2.45) is 5.73 Å². The summed E-state index contributed by atoms with van der Waals surface area (Å²) in [6.45, 7) is 2.25. The molecule has 1 aliphatic heterocycles. The summed E-state index contributed by atoms with van der Waals surface area (Å²) in [5.41, 5.74) is 7.44. The van der Waals surface area contributed by atoms with Gasteiger partial charge in [0.05, 0.1) is 7.11 Å². The number of rotatable bonds is 3. The molecule has 2 N–H and O–H groups in total. The second kappa shape index (κ2) is 6.42. The van der Waals surface area contributed by atoms with Crippen LogP contribution in [0.4, 0.5) is 0 Å². The van der Waals surface area contributed by atoms with Crippen molar-refractivity contribution in [2.75, 3.05) is 18.6 Å². The Labute approximate surface area is 122 Å². The molecule has 0 amide bonds. The Morgan fingerprint density at radius 2 is 2.11 bits per heavy atom. The molecule has 0 aliphatic carbocycles. The molecule has 1 saturated heterocycles. The van der Waals surface area contributed by atoms with Gasteiger partial charge in [0, 0.05) is 38.6 Å². The predicted molar refractivity (Wildman–Crippen MR) is 83.1 cm³/mol. The molecule has 1 aromatic rings. The molecule has 3 unspecified atom stereocenters. The molecule has 18 heavy (non-hydrogen) atoms. The lowest BCUT2D eigenvalue weighted by atomic mass is 10.0. The lowest BCUT2D eigenvalue weighted by molar-refractivity contribution is 0.405. The number of methoxy groups -OCH3 is 1. The molecule has 3 atom stereocenters. The van der Waals surface area contributed by atoms with Crippen molar-refractivity contribution in [3.8, 4) is 5.75 Å². The van der Waals surface area contributed by atoms with E-state index in [4.69, 9.17) is 22.1 Å². The van der Waals surface area contributed by atoms with Gasteiger partial charge in [0.15, 0.2) is 0 Å². The second-order valence-corrected chi connectivity index (χ2v) is 7.53. The Morgan fingerprint density at radius 1 is 1.39 bits per heavy atom. The zero-order valence-electron chi connectivity index (χ0n) is 10.6. The van der Waals surface area contributed by atoms with Crippen molar-refractivity contribution in [2.45, 2.75) is 23.5 Å². The monoisotopic (exact) mass is 303 g/mol. The quantitative estimate of drug-likeness (QED) is 0.925. The Balaban J connectivity index is 2.26. The van der Waals surface area contributed by atoms with Gasteiger partial charge in [0.1, 0.15) is 5.75 Å². The fourth-order valence-corrected chi connectivity index (χ4v) is 5.24. The van der Waals surface area contributed by atoms with E-state index in [9.17, 15) is 0 Å². The summed E-state index contributed by atoms with van der Waals surface area (Å²) in [5, 5.41) is 1.68. The average molecular weight is 304 g/mol. The smallest absolute Gasteiger partial charge is 0.123 e. The van der Waals surface area contributed by atoms with Gasteiger partial charge in [-0.1, -0.05) is 18.5 Å². The maximum Gasteiger partial charge on any atom is 0.123 e. The molecule has 1 heterocycles. The molecule has 0 aromatic heterocycles. The highest BCUT2D eigenvalue weighted by atomic mass is 35.5. The van der Waals surface area contributed by atoms with Crippen LogP contribution in [-0.2, 0) is 0 Å². The third kappa shape index (κ3) is 3.10. The van der Waals surface area contributed by atoms with E-state index in [0.717, 1.165) is 17.1 Å². The van der Waals surface area contributed by atoms with Crippen LogP contribution in [0.2, 0.25) is 5.02 Å². The molecule has 100 valence electrons. The molecule has 0 radical (unpaired) electrons. The Morgan fingerprint density at radius 3 is 2.78 bits per heavy atom. The molecule has 1 fully saturated rings. The van der Waals surface area contributed by atoms with E-state index in [0.29, 0.717) is 15.5 Å². The third-order valence-corrected chi connectivity index (χ3v) is 6.59. The summed E-state index contributed by atoms with van der Waals surface area (Å²) >= 11 is 10.0. The fraction of sp³-hybridized carbons (Fsp3) is 0.538. The van der Waals surface area contributed by atoms with Crippen molar-refractivity contribution < 1.29 is 4.74 Å². The van der Waals surface area contributed by atoms with Gasteiger partial charge >= 0.3 is 0 Å². The van der Waals surface area contributed by atoms with Crippen molar-refractivity contribution in [3.05, 3.63) is 28.8 Å². The van der Waals surface area contributed by atoms with E-state index in [1.807, 2.05) is 41.7 Å². The molecule has 5 heteroatoms. The fourth-order valence-electron chi connectivity index (χ4n) is 2.19. The number of hydrogen-bond acceptors (Lipinski definition) is 4. The Kier molecular flexibility index (Phi) is 5.13. The van der Waals surface area contributed by atoms with Crippen molar-refractivity contribution in [1.82, 2.24) is 0 Å². The first-order valence-corrected chi connectivity index (χ1v) is 8.43. The summed E-state index contributed by atoms with van der Waals surface area (Å²) in [5.74, 6) is 3.20. The normalized spacial score (nSPS) is 25.8. The van der Waals surface area contributed by atoms with Gasteiger partial charge < -0.3 is 10.5 Å². The lowest BCUT2D eigenvalue weighted by Gasteiger charge is -2.33. The average Bonchev–Trinajstić information content (AvgIpc) is 2.38. The molecule has 0 bridgehead atoms. The maximum absolute atomic E-state index is 6.43. The van der Waals surface area contributed by atoms with Crippen LogP contribution in [0.3, 0.4) is 0 Å². The van der Waals surface area contributed by atoms with Gasteiger partial charge in [0.2, 0.25) is 0 Å². The molecule has 2 nitrogen and oxygen atoms in total. The second-order valence-electron chi connectivity index (χ2n) is 4.32. The minimum absolute atomic E-state index is 0.0357. The van der Waals surface area contributed by atoms with E-state index in [2.05, 4.69) is 6.92 Å². The molecule has 0 saturated carbocycles. The van der Waals surface area contributed by atoms with Gasteiger partial charge in [-0.05, 0) is 18.2 Å². The number of halogens is 1. The van der Waals surface area contributed by atoms with E-state index in [1.165, 1.54) is 5.75 Å². The Bertz CT molecular complexity index is 416. The number of thioether (sulfide) groups is 2. The highest BCUT2D eigenvalue weighted by molar-refractivity contribution is 8.07. The number of nitrogens with two attached hydrogens (primary N) is 1. The number of ether oxygens (including phenoxy) is 1. The van der Waals surface area contributed by atoms with Gasteiger partial charge in [-0.15, -0.1) is 0 Å². The third-order valence-electron chi connectivity index (χ3n) is 3.14. The van der Waals surface area contributed by atoms with Crippen LogP contribution in [0.1, 0.15) is 18.5 Å². The van der Waals surface area contributed by atoms with E-state index >= 15 is 0 Å². The number of benzene rings is 1.